The van der Waals surface area contributed by atoms with Crippen LogP contribution in [0.4, 0.5) is 0 Å². The molecule has 0 aliphatic carbocycles. The molecule has 25 heavy (non-hydrogen) atoms. The van der Waals surface area contributed by atoms with E-state index in [9.17, 15) is 9.59 Å². The minimum atomic E-state index is -0.512. The second kappa shape index (κ2) is 7.55. The fourth-order valence-electron chi connectivity index (χ4n) is 3.21. The predicted molar refractivity (Wildman–Crippen MR) is 95.8 cm³/mol. The minimum Gasteiger partial charge on any atom is -0.466 e. The Kier molecular flexibility index (Phi) is 5.67. The lowest BCUT2D eigenvalue weighted by Crippen LogP contribution is -2.33. The van der Waals surface area contributed by atoms with E-state index in [0.29, 0.717) is 11.1 Å². The third kappa shape index (κ3) is 3.31. The first kappa shape index (κ1) is 18.8. The minimum absolute atomic E-state index is 0.442. The van der Waals surface area contributed by atoms with Crippen LogP contribution in [-0.2, 0) is 25.5 Å². The van der Waals surface area contributed by atoms with E-state index in [0.717, 1.165) is 23.4 Å². The fraction of sp³-hybridized carbons (Fsp3) is 0.400. The van der Waals surface area contributed by atoms with Gasteiger partial charge in [-0.05, 0) is 31.4 Å². The van der Waals surface area contributed by atoms with Gasteiger partial charge in [-0.15, -0.1) is 0 Å². The van der Waals surface area contributed by atoms with E-state index in [2.05, 4.69) is 6.92 Å². The lowest BCUT2D eigenvalue weighted by Gasteiger charge is -2.35. The summed E-state index contributed by atoms with van der Waals surface area (Å²) in [6.45, 7) is 5.80. The summed E-state index contributed by atoms with van der Waals surface area (Å²) in [5, 5.41) is 0. The van der Waals surface area contributed by atoms with E-state index in [1.807, 2.05) is 50.1 Å². The summed E-state index contributed by atoms with van der Waals surface area (Å²) in [6.07, 6.45) is 0.922. The van der Waals surface area contributed by atoms with Gasteiger partial charge in [-0.25, -0.2) is 9.59 Å². The van der Waals surface area contributed by atoms with Crippen molar-refractivity contribution in [1.29, 1.82) is 0 Å². The summed E-state index contributed by atoms with van der Waals surface area (Å²) >= 11 is 0. The molecule has 0 radical (unpaired) electrons. The molecule has 0 fully saturated rings. The number of carbonyl (C=O) groups excluding carboxylic acids is 2. The number of rotatable bonds is 4. The number of hydrogen-bond donors (Lipinski definition) is 0. The molecular weight excluding hydrogens is 318 g/mol. The van der Waals surface area contributed by atoms with Gasteiger partial charge >= 0.3 is 11.9 Å². The molecule has 0 N–H and O–H groups in total. The van der Waals surface area contributed by atoms with Gasteiger partial charge in [0.05, 0.1) is 31.3 Å². The molecule has 134 valence electrons. The number of carbonyl (C=O) groups is 2. The molecule has 1 aromatic carbocycles. The van der Waals surface area contributed by atoms with E-state index in [-0.39, 0.29) is 0 Å². The van der Waals surface area contributed by atoms with Crippen LogP contribution in [-0.4, -0.2) is 38.1 Å². The van der Waals surface area contributed by atoms with Gasteiger partial charge in [0.25, 0.3) is 0 Å². The van der Waals surface area contributed by atoms with Gasteiger partial charge in [-0.2, -0.15) is 0 Å². The van der Waals surface area contributed by atoms with Crippen molar-refractivity contribution < 1.29 is 19.1 Å². The maximum absolute atomic E-state index is 12.5. The molecule has 1 heterocycles. The third-order valence-electron chi connectivity index (χ3n) is 4.90. The zero-order valence-corrected chi connectivity index (χ0v) is 15.7. The maximum atomic E-state index is 12.5. The van der Waals surface area contributed by atoms with Gasteiger partial charge in [-0.3, -0.25) is 0 Å². The molecule has 0 saturated carbocycles. The zero-order chi connectivity index (χ0) is 18.7. The van der Waals surface area contributed by atoms with Crippen LogP contribution in [0.1, 0.15) is 37.8 Å². The molecular formula is C20H25NO4. The fourth-order valence-corrected chi connectivity index (χ4v) is 3.21. The predicted octanol–water partition coefficient (Wildman–Crippen LogP) is 3.17. The van der Waals surface area contributed by atoms with Crippen LogP contribution in [0.2, 0.25) is 0 Å². The van der Waals surface area contributed by atoms with Crippen molar-refractivity contribution in [2.75, 3.05) is 21.3 Å². The summed E-state index contributed by atoms with van der Waals surface area (Å²) in [4.78, 5) is 26.9. The van der Waals surface area contributed by atoms with Crippen molar-refractivity contribution in [3.05, 3.63) is 57.9 Å². The van der Waals surface area contributed by atoms with Crippen LogP contribution >= 0.6 is 0 Å². The largest absolute Gasteiger partial charge is 0.466 e. The molecule has 1 aliphatic heterocycles. The lowest BCUT2D eigenvalue weighted by atomic mass is 9.79. The first-order chi connectivity index (χ1) is 11.9. The maximum Gasteiger partial charge on any atom is 0.336 e. The van der Waals surface area contributed by atoms with E-state index < -0.39 is 17.9 Å². The molecule has 0 spiro atoms. The van der Waals surface area contributed by atoms with Crippen molar-refractivity contribution in [3.63, 3.8) is 0 Å². The zero-order valence-electron chi connectivity index (χ0n) is 15.7. The van der Waals surface area contributed by atoms with E-state index in [4.69, 9.17) is 9.47 Å². The molecule has 0 amide bonds. The number of allylic oxidation sites excluding steroid dienone is 2. The number of nitrogens with zero attached hydrogens (tertiary/aromatic N) is 1. The van der Waals surface area contributed by atoms with E-state index in [1.165, 1.54) is 19.8 Å². The van der Waals surface area contributed by atoms with Gasteiger partial charge in [0.2, 0.25) is 0 Å². The summed E-state index contributed by atoms with van der Waals surface area (Å²) in [7, 11) is 4.53. The van der Waals surface area contributed by atoms with Crippen molar-refractivity contribution >= 4 is 11.9 Å². The molecule has 0 aromatic heterocycles. The van der Waals surface area contributed by atoms with Gasteiger partial charge in [0.15, 0.2) is 0 Å². The van der Waals surface area contributed by atoms with Crippen molar-refractivity contribution in [2.24, 2.45) is 0 Å². The average molecular weight is 343 g/mol. The monoisotopic (exact) mass is 343 g/mol. The summed E-state index contributed by atoms with van der Waals surface area (Å²) in [5.74, 6) is -1.40. The Morgan fingerprint density at radius 3 is 1.76 bits per heavy atom. The Bertz CT molecular complexity index is 703. The second-order valence-corrected chi connectivity index (χ2v) is 6.07. The Balaban J connectivity index is 2.71. The topological polar surface area (TPSA) is 55.8 Å². The van der Waals surface area contributed by atoms with Gasteiger partial charge in [-0.1, -0.05) is 31.2 Å². The lowest BCUT2D eigenvalue weighted by molar-refractivity contribution is -0.137. The standard InChI is InChI=1S/C20H25NO4/c1-7-14-8-10-15(11-9-14)18-16(19(22)24-5)12(2)21(4)13(3)17(18)20(23)25-6/h8-11,18H,7H2,1-6H3. The highest BCUT2D eigenvalue weighted by atomic mass is 16.5. The molecule has 0 bridgehead atoms. The number of aryl methyl sites for hydroxylation is 1. The van der Waals surface area contributed by atoms with E-state index >= 15 is 0 Å². The highest BCUT2D eigenvalue weighted by molar-refractivity contribution is 5.99. The molecule has 1 aromatic rings. The number of methoxy groups -OCH3 is 2. The van der Waals surface area contributed by atoms with Crippen molar-refractivity contribution in [3.8, 4) is 0 Å². The summed E-state index contributed by atoms with van der Waals surface area (Å²) < 4.78 is 10.0. The van der Waals surface area contributed by atoms with Crippen molar-refractivity contribution in [2.45, 2.75) is 33.1 Å². The Morgan fingerprint density at radius 2 is 1.40 bits per heavy atom. The molecule has 0 unspecified atom stereocenters. The molecule has 1 aliphatic rings. The molecule has 5 nitrogen and oxygen atoms in total. The van der Waals surface area contributed by atoms with Crippen LogP contribution < -0.4 is 0 Å². The molecule has 5 heteroatoms. The van der Waals surface area contributed by atoms with Crippen LogP contribution in [0.5, 0.6) is 0 Å². The average Bonchev–Trinajstić information content (AvgIpc) is 2.64. The first-order valence-electron chi connectivity index (χ1n) is 8.28. The summed E-state index contributed by atoms with van der Waals surface area (Å²) in [5.41, 5.74) is 4.51. The number of esters is 2. The van der Waals surface area contributed by atoms with E-state index in [1.54, 1.807) is 0 Å². The number of ether oxygens (including phenoxy) is 2. The highest BCUT2D eigenvalue weighted by Gasteiger charge is 2.39. The smallest absolute Gasteiger partial charge is 0.336 e. The Hall–Kier alpha value is -2.56. The highest BCUT2D eigenvalue weighted by Crippen LogP contribution is 2.42. The van der Waals surface area contributed by atoms with Gasteiger partial charge in [0, 0.05) is 18.4 Å². The van der Waals surface area contributed by atoms with Crippen LogP contribution in [0.3, 0.4) is 0 Å². The van der Waals surface area contributed by atoms with Crippen molar-refractivity contribution in [1.82, 2.24) is 4.90 Å². The number of hydrogen-bond acceptors (Lipinski definition) is 5. The Labute approximate surface area is 148 Å². The van der Waals surface area contributed by atoms with Gasteiger partial charge in [0.1, 0.15) is 0 Å². The normalized spacial score (nSPS) is 15.5. The quantitative estimate of drug-likeness (QED) is 0.786. The summed E-state index contributed by atoms with van der Waals surface area (Å²) in [6, 6.07) is 7.95. The van der Waals surface area contributed by atoms with Crippen LogP contribution in [0.25, 0.3) is 0 Å². The van der Waals surface area contributed by atoms with Crippen LogP contribution in [0.15, 0.2) is 46.8 Å². The molecule has 0 atom stereocenters. The molecule has 2 rings (SSSR count). The van der Waals surface area contributed by atoms with Crippen LogP contribution in [0, 0.1) is 0 Å². The first-order valence-corrected chi connectivity index (χ1v) is 8.28. The SMILES string of the molecule is CCc1ccc(C2C(C(=O)OC)=C(C)N(C)C(C)=C2C(=O)OC)cc1. The second-order valence-electron chi connectivity index (χ2n) is 6.07. The number of benzene rings is 1. The third-order valence-corrected chi connectivity index (χ3v) is 4.90. The van der Waals surface area contributed by atoms with Gasteiger partial charge < -0.3 is 14.4 Å². The Morgan fingerprint density at radius 1 is 0.960 bits per heavy atom. The molecule has 0 saturated heterocycles.